The zero-order valence-electron chi connectivity index (χ0n) is 13.6. The third-order valence-corrected chi connectivity index (χ3v) is 4.30. The van der Waals surface area contributed by atoms with Crippen LogP contribution in [0.4, 0.5) is 5.69 Å². The second-order valence-electron chi connectivity index (χ2n) is 5.87. The molecule has 0 spiro atoms. The minimum Gasteiger partial charge on any atom is -0.361 e. The molecule has 1 heterocycles. The van der Waals surface area contributed by atoms with Crippen LogP contribution in [0.5, 0.6) is 0 Å². The quantitative estimate of drug-likeness (QED) is 0.710. The fourth-order valence-electron chi connectivity index (χ4n) is 2.99. The van der Waals surface area contributed by atoms with Gasteiger partial charge in [-0.2, -0.15) is 0 Å². The Morgan fingerprint density at radius 3 is 2.74 bits per heavy atom. The van der Waals surface area contributed by atoms with Crippen molar-refractivity contribution in [3.63, 3.8) is 0 Å². The molecule has 1 amide bonds. The van der Waals surface area contributed by atoms with E-state index in [0.29, 0.717) is 6.42 Å². The van der Waals surface area contributed by atoms with E-state index in [4.69, 9.17) is 0 Å². The Kier molecular flexibility index (Phi) is 4.47. The first kappa shape index (κ1) is 15.3. The van der Waals surface area contributed by atoms with Crippen molar-refractivity contribution in [2.45, 2.75) is 33.1 Å². The minimum atomic E-state index is 0.0688. The third-order valence-electron chi connectivity index (χ3n) is 4.30. The van der Waals surface area contributed by atoms with E-state index < -0.39 is 0 Å². The Morgan fingerprint density at radius 1 is 1.09 bits per heavy atom. The summed E-state index contributed by atoms with van der Waals surface area (Å²) in [4.78, 5) is 15.6. The molecule has 0 radical (unpaired) electrons. The summed E-state index contributed by atoms with van der Waals surface area (Å²) in [5, 5.41) is 4.29. The van der Waals surface area contributed by atoms with Gasteiger partial charge < -0.3 is 10.3 Å². The van der Waals surface area contributed by atoms with Crippen LogP contribution in [0, 0.1) is 6.92 Å². The van der Waals surface area contributed by atoms with Crippen molar-refractivity contribution in [1.82, 2.24) is 4.98 Å². The molecule has 3 nitrogen and oxygen atoms in total. The molecule has 0 saturated carbocycles. The van der Waals surface area contributed by atoms with Gasteiger partial charge in [-0.3, -0.25) is 4.79 Å². The SMILES string of the molecule is CCc1cccc(C)c1NC(=O)CCc1c[nH]c2ccccc12. The Labute approximate surface area is 136 Å². The van der Waals surface area contributed by atoms with Crippen molar-refractivity contribution >= 4 is 22.5 Å². The van der Waals surface area contributed by atoms with E-state index >= 15 is 0 Å². The summed E-state index contributed by atoms with van der Waals surface area (Å²) >= 11 is 0. The van der Waals surface area contributed by atoms with Crippen LogP contribution in [0.25, 0.3) is 10.9 Å². The Morgan fingerprint density at radius 2 is 1.91 bits per heavy atom. The maximum Gasteiger partial charge on any atom is 0.224 e. The first-order valence-corrected chi connectivity index (χ1v) is 8.12. The topological polar surface area (TPSA) is 44.9 Å². The molecule has 0 fully saturated rings. The van der Waals surface area contributed by atoms with E-state index in [0.717, 1.165) is 29.6 Å². The fourth-order valence-corrected chi connectivity index (χ4v) is 2.99. The van der Waals surface area contributed by atoms with E-state index in [1.165, 1.54) is 16.5 Å². The van der Waals surface area contributed by atoms with Crippen molar-refractivity contribution in [3.05, 3.63) is 65.4 Å². The number of H-pyrrole nitrogens is 1. The lowest BCUT2D eigenvalue weighted by atomic mass is 10.0. The number of fused-ring (bicyclic) bond motifs is 1. The molecule has 2 N–H and O–H groups in total. The van der Waals surface area contributed by atoms with Gasteiger partial charge in [0.05, 0.1) is 0 Å². The molecule has 118 valence electrons. The van der Waals surface area contributed by atoms with Gasteiger partial charge in [-0.05, 0) is 42.5 Å². The summed E-state index contributed by atoms with van der Waals surface area (Å²) in [5.74, 6) is 0.0688. The first-order valence-electron chi connectivity index (χ1n) is 8.12. The average molecular weight is 306 g/mol. The van der Waals surface area contributed by atoms with Gasteiger partial charge >= 0.3 is 0 Å². The summed E-state index contributed by atoms with van der Waals surface area (Å²) in [7, 11) is 0. The lowest BCUT2D eigenvalue weighted by molar-refractivity contribution is -0.116. The van der Waals surface area contributed by atoms with Gasteiger partial charge in [0, 0.05) is 29.2 Å². The van der Waals surface area contributed by atoms with Crippen LogP contribution in [0.2, 0.25) is 0 Å². The zero-order chi connectivity index (χ0) is 16.2. The van der Waals surface area contributed by atoms with Crippen LogP contribution in [0.15, 0.2) is 48.7 Å². The van der Waals surface area contributed by atoms with Crippen molar-refractivity contribution < 1.29 is 4.79 Å². The van der Waals surface area contributed by atoms with Crippen molar-refractivity contribution in [3.8, 4) is 0 Å². The van der Waals surface area contributed by atoms with Gasteiger partial charge in [-0.15, -0.1) is 0 Å². The highest BCUT2D eigenvalue weighted by Gasteiger charge is 2.10. The number of para-hydroxylation sites is 2. The zero-order valence-corrected chi connectivity index (χ0v) is 13.6. The average Bonchev–Trinajstić information content (AvgIpc) is 2.98. The molecule has 2 aromatic carbocycles. The first-order chi connectivity index (χ1) is 11.2. The van der Waals surface area contributed by atoms with Crippen LogP contribution in [0.1, 0.15) is 30.0 Å². The lowest BCUT2D eigenvalue weighted by Crippen LogP contribution is -2.14. The van der Waals surface area contributed by atoms with Gasteiger partial charge in [0.1, 0.15) is 0 Å². The summed E-state index contributed by atoms with van der Waals surface area (Å²) in [6.45, 7) is 4.14. The molecule has 23 heavy (non-hydrogen) atoms. The number of amides is 1. The smallest absolute Gasteiger partial charge is 0.224 e. The molecule has 0 saturated heterocycles. The Bertz CT molecular complexity index is 833. The highest BCUT2D eigenvalue weighted by molar-refractivity contribution is 5.93. The highest BCUT2D eigenvalue weighted by atomic mass is 16.1. The summed E-state index contributed by atoms with van der Waals surface area (Å²) < 4.78 is 0. The number of nitrogens with one attached hydrogen (secondary N) is 2. The molecule has 0 aliphatic rings. The molecule has 0 bridgehead atoms. The molecule has 3 heteroatoms. The molecular formula is C20H22N2O. The van der Waals surface area contributed by atoms with Crippen molar-refractivity contribution in [1.29, 1.82) is 0 Å². The van der Waals surface area contributed by atoms with E-state index in [9.17, 15) is 4.79 Å². The maximum absolute atomic E-state index is 12.3. The van der Waals surface area contributed by atoms with Crippen LogP contribution in [0.3, 0.4) is 0 Å². The minimum absolute atomic E-state index is 0.0688. The Balaban J connectivity index is 1.69. The van der Waals surface area contributed by atoms with E-state index in [-0.39, 0.29) is 5.91 Å². The van der Waals surface area contributed by atoms with Gasteiger partial charge in [-0.1, -0.05) is 43.3 Å². The highest BCUT2D eigenvalue weighted by Crippen LogP contribution is 2.22. The summed E-state index contributed by atoms with van der Waals surface area (Å²) in [6, 6.07) is 14.3. The number of hydrogen-bond acceptors (Lipinski definition) is 1. The lowest BCUT2D eigenvalue weighted by Gasteiger charge is -2.12. The predicted molar refractivity (Wildman–Crippen MR) is 95.8 cm³/mol. The van der Waals surface area contributed by atoms with E-state index in [1.807, 2.05) is 37.4 Å². The molecule has 0 unspecified atom stereocenters. The van der Waals surface area contributed by atoms with Gasteiger partial charge in [0.25, 0.3) is 0 Å². The number of aromatic amines is 1. The second-order valence-corrected chi connectivity index (χ2v) is 5.87. The van der Waals surface area contributed by atoms with Crippen LogP contribution < -0.4 is 5.32 Å². The Hall–Kier alpha value is -2.55. The number of carbonyl (C=O) groups excluding carboxylic acids is 1. The molecular weight excluding hydrogens is 284 g/mol. The van der Waals surface area contributed by atoms with Crippen molar-refractivity contribution in [2.75, 3.05) is 5.32 Å². The predicted octanol–water partition coefficient (Wildman–Crippen LogP) is 4.61. The van der Waals surface area contributed by atoms with Crippen LogP contribution >= 0.6 is 0 Å². The molecule has 1 aromatic heterocycles. The van der Waals surface area contributed by atoms with E-state index in [1.54, 1.807) is 0 Å². The molecule has 0 aliphatic heterocycles. The molecule has 3 aromatic rings. The number of hydrogen-bond donors (Lipinski definition) is 2. The molecule has 0 atom stereocenters. The second kappa shape index (κ2) is 6.69. The number of benzene rings is 2. The fraction of sp³-hybridized carbons (Fsp3) is 0.250. The van der Waals surface area contributed by atoms with Crippen LogP contribution in [-0.2, 0) is 17.6 Å². The monoisotopic (exact) mass is 306 g/mol. The number of rotatable bonds is 5. The largest absolute Gasteiger partial charge is 0.361 e. The van der Waals surface area contributed by atoms with Crippen molar-refractivity contribution in [2.24, 2.45) is 0 Å². The van der Waals surface area contributed by atoms with Gasteiger partial charge in [-0.25, -0.2) is 0 Å². The molecule has 3 rings (SSSR count). The number of aromatic nitrogens is 1. The maximum atomic E-state index is 12.3. The molecule has 0 aliphatic carbocycles. The number of anilines is 1. The normalized spacial score (nSPS) is 10.9. The third kappa shape index (κ3) is 3.29. The summed E-state index contributed by atoms with van der Waals surface area (Å²) in [6.07, 6.45) is 4.14. The summed E-state index contributed by atoms with van der Waals surface area (Å²) in [5.41, 5.74) is 5.58. The standard InChI is InChI=1S/C20H22N2O/c1-3-15-8-6-7-14(2)20(15)22-19(23)12-11-16-13-21-18-10-5-4-9-17(16)18/h4-10,13,21H,3,11-12H2,1-2H3,(H,22,23). The van der Waals surface area contributed by atoms with Gasteiger partial charge in [0.15, 0.2) is 0 Å². The number of carbonyl (C=O) groups is 1. The van der Waals surface area contributed by atoms with E-state index in [2.05, 4.69) is 35.4 Å². The van der Waals surface area contributed by atoms with Gasteiger partial charge in [0.2, 0.25) is 5.91 Å². The van der Waals surface area contributed by atoms with Crippen LogP contribution in [-0.4, -0.2) is 10.9 Å². The number of aryl methyl sites for hydroxylation is 3.